The molecule has 2 aromatic carbocycles. The Morgan fingerprint density at radius 1 is 1.17 bits per heavy atom. The molecule has 0 bridgehead atoms. The van der Waals surface area contributed by atoms with E-state index >= 15 is 0 Å². The first-order chi connectivity index (χ1) is 11.7. The van der Waals surface area contributed by atoms with Crippen LogP contribution in [0.4, 0.5) is 4.39 Å². The summed E-state index contributed by atoms with van der Waals surface area (Å²) in [5.41, 5.74) is 11.7. The molecule has 0 unspecified atom stereocenters. The summed E-state index contributed by atoms with van der Waals surface area (Å²) in [6.07, 6.45) is -0.701. The second-order valence-electron chi connectivity index (χ2n) is 6.24. The lowest BCUT2D eigenvalue weighted by atomic mass is 9.87. The van der Waals surface area contributed by atoms with Crippen LogP contribution in [0.25, 0.3) is 10.4 Å². The Balaban J connectivity index is 1.86. The van der Waals surface area contributed by atoms with Crippen molar-refractivity contribution in [1.29, 1.82) is 0 Å². The summed E-state index contributed by atoms with van der Waals surface area (Å²) in [5.74, 6) is -0.356. The Bertz CT molecular complexity index is 835. The maximum atomic E-state index is 13.8. The van der Waals surface area contributed by atoms with Gasteiger partial charge in [0.25, 0.3) is 0 Å². The van der Waals surface area contributed by atoms with Gasteiger partial charge in [-0.15, -0.1) is 0 Å². The summed E-state index contributed by atoms with van der Waals surface area (Å²) in [6.45, 7) is 0.249. The van der Waals surface area contributed by atoms with Gasteiger partial charge in [0.1, 0.15) is 11.9 Å². The molecule has 1 N–H and O–H groups in total. The van der Waals surface area contributed by atoms with Crippen LogP contribution in [0.5, 0.6) is 0 Å². The van der Waals surface area contributed by atoms with E-state index in [0.717, 1.165) is 11.1 Å². The molecule has 24 heavy (non-hydrogen) atoms. The molecule has 1 aliphatic heterocycles. The standard InChI is InChI=1S/C18H16FN3O2/c19-10-5-6-14-15(7-10)18-16(8-11(24-18)9-21-22-20)12-3-1-2-4-13(12)17(14)23/h1-7,11,16-18,23H,8-9H2/t11-,16-,17-,18-/m1/s1. The summed E-state index contributed by atoms with van der Waals surface area (Å²) in [5, 5.41) is 14.4. The minimum absolute atomic E-state index is 0.00204. The second kappa shape index (κ2) is 5.91. The summed E-state index contributed by atoms with van der Waals surface area (Å²) >= 11 is 0. The van der Waals surface area contributed by atoms with Crippen molar-refractivity contribution in [3.63, 3.8) is 0 Å². The molecular formula is C18H16FN3O2. The van der Waals surface area contributed by atoms with Gasteiger partial charge >= 0.3 is 0 Å². The predicted octanol–water partition coefficient (Wildman–Crippen LogP) is 4.14. The van der Waals surface area contributed by atoms with Gasteiger partial charge in [0.05, 0.1) is 18.8 Å². The molecular weight excluding hydrogens is 309 g/mol. The molecule has 0 radical (unpaired) electrons. The van der Waals surface area contributed by atoms with Gasteiger partial charge in [-0.1, -0.05) is 35.4 Å². The fourth-order valence-corrected chi connectivity index (χ4v) is 3.90. The molecule has 5 nitrogen and oxygen atoms in total. The number of azide groups is 1. The van der Waals surface area contributed by atoms with Crippen molar-refractivity contribution in [1.82, 2.24) is 0 Å². The Morgan fingerprint density at radius 2 is 1.92 bits per heavy atom. The van der Waals surface area contributed by atoms with Gasteiger partial charge < -0.3 is 9.84 Å². The molecule has 1 heterocycles. The Morgan fingerprint density at radius 3 is 2.71 bits per heavy atom. The predicted molar refractivity (Wildman–Crippen MR) is 85.9 cm³/mol. The molecule has 0 amide bonds. The molecule has 1 aliphatic carbocycles. The van der Waals surface area contributed by atoms with Crippen molar-refractivity contribution in [2.75, 3.05) is 6.54 Å². The minimum Gasteiger partial charge on any atom is -0.384 e. The average molecular weight is 325 g/mol. The molecule has 2 aliphatic rings. The molecule has 0 spiro atoms. The van der Waals surface area contributed by atoms with Crippen LogP contribution >= 0.6 is 0 Å². The maximum absolute atomic E-state index is 13.8. The highest BCUT2D eigenvalue weighted by Crippen LogP contribution is 2.51. The van der Waals surface area contributed by atoms with E-state index in [1.165, 1.54) is 12.1 Å². The molecule has 1 fully saturated rings. The lowest BCUT2D eigenvalue weighted by Crippen LogP contribution is -2.12. The highest BCUT2D eigenvalue weighted by molar-refractivity contribution is 5.47. The van der Waals surface area contributed by atoms with Crippen LogP contribution in [0.15, 0.2) is 47.6 Å². The molecule has 6 heteroatoms. The fourth-order valence-electron chi connectivity index (χ4n) is 3.90. The Kier molecular flexibility index (Phi) is 3.73. The number of benzene rings is 2. The van der Waals surface area contributed by atoms with Gasteiger partial charge in [0, 0.05) is 10.8 Å². The van der Waals surface area contributed by atoms with Gasteiger partial charge in [-0.3, -0.25) is 0 Å². The number of hydrogen-bond acceptors (Lipinski definition) is 3. The molecule has 2 aromatic rings. The number of aliphatic hydroxyl groups is 1. The van der Waals surface area contributed by atoms with E-state index in [2.05, 4.69) is 10.0 Å². The van der Waals surface area contributed by atoms with Gasteiger partial charge in [-0.05, 0) is 46.3 Å². The van der Waals surface area contributed by atoms with E-state index in [0.29, 0.717) is 17.5 Å². The van der Waals surface area contributed by atoms with Crippen LogP contribution in [0.1, 0.15) is 46.8 Å². The highest BCUT2D eigenvalue weighted by Gasteiger charge is 2.42. The first kappa shape index (κ1) is 15.1. The van der Waals surface area contributed by atoms with Crippen LogP contribution in [0, 0.1) is 5.82 Å². The van der Waals surface area contributed by atoms with Gasteiger partial charge in [0.2, 0.25) is 0 Å². The van der Waals surface area contributed by atoms with E-state index in [1.807, 2.05) is 24.3 Å². The summed E-state index contributed by atoms with van der Waals surface area (Å²) < 4.78 is 19.9. The van der Waals surface area contributed by atoms with Crippen molar-refractivity contribution in [2.45, 2.75) is 30.7 Å². The number of fused-ring (bicyclic) bond motifs is 5. The van der Waals surface area contributed by atoms with Crippen LogP contribution < -0.4 is 0 Å². The molecule has 0 saturated carbocycles. The smallest absolute Gasteiger partial charge is 0.123 e. The van der Waals surface area contributed by atoms with E-state index in [4.69, 9.17) is 10.3 Å². The number of ether oxygens (including phenoxy) is 1. The maximum Gasteiger partial charge on any atom is 0.123 e. The quantitative estimate of drug-likeness (QED) is 0.511. The number of halogens is 1. The SMILES string of the molecule is [N-]=[N+]=NC[C@H]1C[C@@H]2c3ccccc3[C@@H](O)c3ccc(F)cc3[C@H]2O1. The first-order valence-electron chi connectivity index (χ1n) is 7.91. The Hall–Kier alpha value is -2.40. The largest absolute Gasteiger partial charge is 0.384 e. The summed E-state index contributed by atoms with van der Waals surface area (Å²) in [4.78, 5) is 2.79. The number of hydrogen-bond donors (Lipinski definition) is 1. The average Bonchev–Trinajstić information content (AvgIpc) is 3.00. The van der Waals surface area contributed by atoms with Crippen molar-refractivity contribution in [2.24, 2.45) is 5.11 Å². The zero-order valence-corrected chi connectivity index (χ0v) is 12.8. The highest BCUT2D eigenvalue weighted by atomic mass is 19.1. The number of aliphatic hydroxyl groups excluding tert-OH is 1. The molecule has 0 aromatic heterocycles. The van der Waals surface area contributed by atoms with Crippen molar-refractivity contribution in [3.05, 3.63) is 81.0 Å². The van der Waals surface area contributed by atoms with E-state index < -0.39 is 6.10 Å². The Labute approximate surface area is 138 Å². The third-order valence-electron chi connectivity index (χ3n) is 4.91. The van der Waals surface area contributed by atoms with Crippen LogP contribution in [0.2, 0.25) is 0 Å². The first-order valence-corrected chi connectivity index (χ1v) is 7.91. The van der Waals surface area contributed by atoms with E-state index in [1.54, 1.807) is 6.07 Å². The molecule has 1 saturated heterocycles. The van der Waals surface area contributed by atoms with Crippen molar-refractivity contribution >= 4 is 0 Å². The monoisotopic (exact) mass is 325 g/mol. The second-order valence-corrected chi connectivity index (χ2v) is 6.24. The van der Waals surface area contributed by atoms with Crippen LogP contribution in [-0.4, -0.2) is 17.8 Å². The molecule has 4 atom stereocenters. The fraction of sp³-hybridized carbons (Fsp3) is 0.333. The van der Waals surface area contributed by atoms with E-state index in [-0.39, 0.29) is 30.5 Å². The zero-order valence-electron chi connectivity index (χ0n) is 12.8. The summed E-state index contributed by atoms with van der Waals surface area (Å²) in [7, 11) is 0. The van der Waals surface area contributed by atoms with Crippen LogP contribution in [-0.2, 0) is 4.74 Å². The number of nitrogens with zero attached hydrogens (tertiary/aromatic N) is 3. The lowest BCUT2D eigenvalue weighted by Gasteiger charge is -2.19. The third-order valence-corrected chi connectivity index (χ3v) is 4.91. The molecule has 122 valence electrons. The minimum atomic E-state index is -0.804. The number of rotatable bonds is 2. The third kappa shape index (κ3) is 2.36. The van der Waals surface area contributed by atoms with Crippen molar-refractivity contribution < 1.29 is 14.2 Å². The zero-order chi connectivity index (χ0) is 16.7. The lowest BCUT2D eigenvalue weighted by molar-refractivity contribution is 0.0448. The summed E-state index contributed by atoms with van der Waals surface area (Å²) in [6, 6.07) is 12.1. The topological polar surface area (TPSA) is 78.2 Å². The molecule has 4 rings (SSSR count). The van der Waals surface area contributed by atoms with Crippen molar-refractivity contribution in [3.8, 4) is 0 Å². The van der Waals surface area contributed by atoms with E-state index in [9.17, 15) is 9.50 Å². The van der Waals surface area contributed by atoms with Gasteiger partial charge in [-0.25, -0.2) is 4.39 Å². The van der Waals surface area contributed by atoms with Gasteiger partial charge in [0.15, 0.2) is 0 Å². The van der Waals surface area contributed by atoms with Gasteiger partial charge in [-0.2, -0.15) is 0 Å². The normalized spacial score (nSPS) is 27.4. The van der Waals surface area contributed by atoms with Crippen LogP contribution in [0.3, 0.4) is 0 Å².